The maximum atomic E-state index is 12.1. The molecule has 0 bridgehead atoms. The largest absolute Gasteiger partial charge is 0.488 e. The lowest BCUT2D eigenvalue weighted by atomic mass is 10.3. The normalized spacial score (nSPS) is 11.6. The van der Waals surface area contributed by atoms with E-state index in [4.69, 9.17) is 33.7 Å². The summed E-state index contributed by atoms with van der Waals surface area (Å²) >= 11 is 11.5. The Bertz CT molecular complexity index is 368. The lowest BCUT2D eigenvalue weighted by Crippen LogP contribution is -2.10. The van der Waals surface area contributed by atoms with E-state index >= 15 is 0 Å². The molecule has 15 heavy (non-hydrogen) atoms. The third kappa shape index (κ3) is 3.70. The molecule has 0 fully saturated rings. The molecule has 0 heterocycles. The van der Waals surface area contributed by atoms with Crippen molar-refractivity contribution in [2.75, 3.05) is 13.2 Å². The Morgan fingerprint density at radius 2 is 2.20 bits per heavy atom. The predicted molar refractivity (Wildman–Crippen MR) is 60.2 cm³/mol. The van der Waals surface area contributed by atoms with Crippen molar-refractivity contribution in [3.63, 3.8) is 0 Å². The molecule has 1 aromatic rings. The quantitative estimate of drug-likeness (QED) is 0.890. The first-order valence-corrected chi connectivity index (χ1v) is 4.99. The highest BCUT2D eigenvalue weighted by atomic mass is 35.5. The fourth-order valence-electron chi connectivity index (χ4n) is 0.898. The lowest BCUT2D eigenvalue weighted by Gasteiger charge is -2.08. The van der Waals surface area contributed by atoms with E-state index in [1.165, 1.54) is 0 Å². The van der Waals surface area contributed by atoms with Crippen molar-refractivity contribution in [1.82, 2.24) is 0 Å². The highest BCUT2D eigenvalue weighted by Gasteiger charge is 2.03. The Kier molecular flexibility index (Phi) is 4.88. The number of halogens is 3. The summed E-state index contributed by atoms with van der Waals surface area (Å²) in [5, 5.41) is 0.908. The van der Waals surface area contributed by atoms with E-state index in [1.807, 2.05) is 0 Å². The molecule has 82 valence electrons. The zero-order valence-electron chi connectivity index (χ0n) is 7.84. The summed E-state index contributed by atoms with van der Waals surface area (Å²) in [5.41, 5.74) is 5.63. The highest BCUT2D eigenvalue weighted by Crippen LogP contribution is 2.27. The van der Waals surface area contributed by atoms with Gasteiger partial charge >= 0.3 is 0 Å². The van der Waals surface area contributed by atoms with Crippen LogP contribution in [0, 0.1) is 0 Å². The van der Waals surface area contributed by atoms with Crippen LogP contribution in [0.5, 0.6) is 5.75 Å². The third-order valence-corrected chi connectivity index (χ3v) is 2.25. The SMILES string of the molecule is NC/C(=C\F)COc1ccc(Cl)cc1Cl. The maximum absolute atomic E-state index is 12.1. The Balaban J connectivity index is 2.65. The topological polar surface area (TPSA) is 35.2 Å². The first kappa shape index (κ1) is 12.3. The van der Waals surface area contributed by atoms with Crippen molar-refractivity contribution in [2.45, 2.75) is 0 Å². The Morgan fingerprint density at radius 1 is 1.47 bits per heavy atom. The van der Waals surface area contributed by atoms with E-state index in [9.17, 15) is 4.39 Å². The minimum Gasteiger partial charge on any atom is -0.488 e. The molecular formula is C10H10Cl2FNO. The fraction of sp³-hybridized carbons (Fsp3) is 0.200. The van der Waals surface area contributed by atoms with Crippen molar-refractivity contribution >= 4 is 23.2 Å². The molecule has 5 heteroatoms. The molecule has 2 nitrogen and oxygen atoms in total. The summed E-state index contributed by atoms with van der Waals surface area (Å²) in [6, 6.07) is 4.82. The summed E-state index contributed by atoms with van der Waals surface area (Å²) in [7, 11) is 0. The van der Waals surface area contributed by atoms with Gasteiger partial charge in [-0.1, -0.05) is 23.2 Å². The summed E-state index contributed by atoms with van der Waals surface area (Å²) in [5.74, 6) is 0.453. The Labute approximate surface area is 97.4 Å². The smallest absolute Gasteiger partial charge is 0.138 e. The number of hydrogen-bond acceptors (Lipinski definition) is 2. The molecule has 0 radical (unpaired) electrons. The number of hydrogen-bond donors (Lipinski definition) is 1. The van der Waals surface area contributed by atoms with Gasteiger partial charge in [0.1, 0.15) is 12.4 Å². The Morgan fingerprint density at radius 3 is 2.73 bits per heavy atom. The van der Waals surface area contributed by atoms with E-state index in [0.717, 1.165) is 0 Å². The number of benzene rings is 1. The second-order valence-electron chi connectivity index (χ2n) is 2.83. The molecule has 1 aromatic carbocycles. The number of nitrogens with two attached hydrogens (primary N) is 1. The molecule has 0 aromatic heterocycles. The van der Waals surface area contributed by atoms with Gasteiger partial charge in [-0.15, -0.1) is 0 Å². The van der Waals surface area contributed by atoms with Gasteiger partial charge in [0.2, 0.25) is 0 Å². The zero-order chi connectivity index (χ0) is 11.3. The second-order valence-corrected chi connectivity index (χ2v) is 3.68. The van der Waals surface area contributed by atoms with Gasteiger partial charge in [-0.2, -0.15) is 0 Å². The summed E-state index contributed by atoms with van der Waals surface area (Å²) in [6.07, 6.45) is 0.434. The first-order chi connectivity index (χ1) is 7.17. The van der Waals surface area contributed by atoms with Gasteiger partial charge in [0.05, 0.1) is 11.4 Å². The van der Waals surface area contributed by atoms with Crippen molar-refractivity contribution in [1.29, 1.82) is 0 Å². The summed E-state index contributed by atoms with van der Waals surface area (Å²) < 4.78 is 17.4. The van der Waals surface area contributed by atoms with Crippen LogP contribution < -0.4 is 10.5 Å². The average molecular weight is 250 g/mol. The van der Waals surface area contributed by atoms with Gasteiger partial charge in [0, 0.05) is 17.1 Å². The molecule has 0 saturated carbocycles. The molecule has 0 amide bonds. The van der Waals surface area contributed by atoms with Crippen molar-refractivity contribution in [3.8, 4) is 5.75 Å². The molecule has 0 unspecified atom stereocenters. The molecule has 0 aliphatic rings. The standard InChI is InChI=1S/C10H10Cl2FNO/c11-8-1-2-10(9(12)3-8)15-6-7(4-13)5-14/h1-4H,5-6,14H2/b7-4+. The molecule has 0 atom stereocenters. The van der Waals surface area contributed by atoms with Gasteiger partial charge < -0.3 is 10.5 Å². The minimum atomic E-state index is 0.0777. The van der Waals surface area contributed by atoms with Gasteiger partial charge in [0.15, 0.2) is 0 Å². The number of ether oxygens (including phenoxy) is 1. The van der Waals surface area contributed by atoms with Gasteiger partial charge in [-0.05, 0) is 18.2 Å². The fourth-order valence-corrected chi connectivity index (χ4v) is 1.36. The molecule has 1 rings (SSSR count). The average Bonchev–Trinajstić information content (AvgIpc) is 2.22. The second kappa shape index (κ2) is 5.95. The van der Waals surface area contributed by atoms with E-state index in [-0.39, 0.29) is 13.2 Å². The van der Waals surface area contributed by atoms with Crippen LogP contribution in [0.2, 0.25) is 10.0 Å². The van der Waals surface area contributed by atoms with E-state index in [0.29, 0.717) is 27.7 Å². The molecule has 0 saturated heterocycles. The molecule has 0 aliphatic heterocycles. The predicted octanol–water partition coefficient (Wildman–Crippen LogP) is 3.18. The van der Waals surface area contributed by atoms with Gasteiger partial charge in [0.25, 0.3) is 0 Å². The van der Waals surface area contributed by atoms with E-state index in [2.05, 4.69) is 0 Å². The monoisotopic (exact) mass is 249 g/mol. The van der Waals surface area contributed by atoms with Crippen LogP contribution in [0.1, 0.15) is 0 Å². The molecular weight excluding hydrogens is 240 g/mol. The van der Waals surface area contributed by atoms with E-state index in [1.54, 1.807) is 18.2 Å². The van der Waals surface area contributed by atoms with Crippen molar-refractivity contribution < 1.29 is 9.13 Å². The van der Waals surface area contributed by atoms with Crippen molar-refractivity contribution in [2.24, 2.45) is 5.73 Å². The molecule has 2 N–H and O–H groups in total. The van der Waals surface area contributed by atoms with Crippen LogP contribution in [-0.2, 0) is 0 Å². The van der Waals surface area contributed by atoms with Gasteiger partial charge in [-0.25, -0.2) is 4.39 Å². The zero-order valence-corrected chi connectivity index (χ0v) is 9.35. The summed E-state index contributed by atoms with van der Waals surface area (Å²) in [6.45, 7) is 0.191. The molecule has 0 spiro atoms. The van der Waals surface area contributed by atoms with Gasteiger partial charge in [-0.3, -0.25) is 0 Å². The first-order valence-electron chi connectivity index (χ1n) is 4.23. The van der Waals surface area contributed by atoms with Crippen LogP contribution >= 0.6 is 23.2 Å². The molecule has 0 aliphatic carbocycles. The van der Waals surface area contributed by atoms with Crippen LogP contribution in [-0.4, -0.2) is 13.2 Å². The minimum absolute atomic E-state index is 0.0777. The van der Waals surface area contributed by atoms with E-state index < -0.39 is 0 Å². The maximum Gasteiger partial charge on any atom is 0.138 e. The third-order valence-electron chi connectivity index (χ3n) is 1.72. The summed E-state index contributed by atoms with van der Waals surface area (Å²) in [4.78, 5) is 0. The van der Waals surface area contributed by atoms with Crippen LogP contribution in [0.25, 0.3) is 0 Å². The van der Waals surface area contributed by atoms with Crippen LogP contribution in [0.4, 0.5) is 4.39 Å². The van der Waals surface area contributed by atoms with Crippen molar-refractivity contribution in [3.05, 3.63) is 40.1 Å². The lowest BCUT2D eigenvalue weighted by molar-refractivity contribution is 0.348. The van der Waals surface area contributed by atoms with Crippen LogP contribution in [0.3, 0.4) is 0 Å². The Hall–Kier alpha value is -0.770. The van der Waals surface area contributed by atoms with Crippen LogP contribution in [0.15, 0.2) is 30.1 Å². The highest BCUT2D eigenvalue weighted by molar-refractivity contribution is 6.35. The number of rotatable bonds is 4.